The second-order valence-corrected chi connectivity index (χ2v) is 8.20. The molecular weight excluding hydrogens is 437 g/mol. The summed E-state index contributed by atoms with van der Waals surface area (Å²) in [5.41, 5.74) is 1.59. The monoisotopic (exact) mass is 457 g/mol. The van der Waals surface area contributed by atoms with Crippen LogP contribution in [0.3, 0.4) is 0 Å². The van der Waals surface area contributed by atoms with Crippen molar-refractivity contribution in [3.63, 3.8) is 0 Å². The number of hydrogen-bond donors (Lipinski definition) is 2. The molecule has 0 unspecified atom stereocenters. The maximum Gasteiger partial charge on any atom is 0.330 e. The highest BCUT2D eigenvalue weighted by Gasteiger charge is 2.43. The molecule has 0 bridgehead atoms. The highest BCUT2D eigenvalue weighted by molar-refractivity contribution is 6.30. The zero-order valence-electron chi connectivity index (χ0n) is 17.6. The van der Waals surface area contributed by atoms with Crippen molar-refractivity contribution < 1.29 is 14.0 Å². The van der Waals surface area contributed by atoms with Crippen molar-refractivity contribution in [1.82, 2.24) is 24.8 Å². The molecular formula is C21H21ClFN7O2. The Balaban J connectivity index is 1.56. The molecule has 0 radical (unpaired) electrons. The van der Waals surface area contributed by atoms with Crippen molar-refractivity contribution in [2.75, 3.05) is 10.2 Å². The number of halogens is 2. The van der Waals surface area contributed by atoms with Crippen LogP contribution in [0.4, 0.5) is 21.0 Å². The average Bonchev–Trinajstić information content (AvgIpc) is 3.34. The summed E-state index contributed by atoms with van der Waals surface area (Å²) in [6.07, 6.45) is 4.48. The Morgan fingerprint density at radius 2 is 1.88 bits per heavy atom. The molecule has 3 aromatic rings. The van der Waals surface area contributed by atoms with Crippen molar-refractivity contribution in [1.29, 1.82) is 0 Å². The summed E-state index contributed by atoms with van der Waals surface area (Å²) >= 11 is 5.94. The van der Waals surface area contributed by atoms with E-state index in [-0.39, 0.29) is 23.7 Å². The van der Waals surface area contributed by atoms with Crippen LogP contribution in [0.25, 0.3) is 5.69 Å². The molecule has 0 aliphatic carbocycles. The molecule has 1 aliphatic heterocycles. The fourth-order valence-electron chi connectivity index (χ4n) is 3.49. The second-order valence-electron chi connectivity index (χ2n) is 7.77. The maximum atomic E-state index is 14.5. The van der Waals surface area contributed by atoms with Crippen LogP contribution >= 0.6 is 11.6 Å². The minimum atomic E-state index is -0.854. The van der Waals surface area contributed by atoms with Crippen LogP contribution in [0.2, 0.25) is 5.02 Å². The van der Waals surface area contributed by atoms with Gasteiger partial charge in [-0.2, -0.15) is 4.98 Å². The Morgan fingerprint density at radius 3 is 2.56 bits per heavy atom. The largest absolute Gasteiger partial charge is 0.346 e. The van der Waals surface area contributed by atoms with Gasteiger partial charge in [0.1, 0.15) is 6.04 Å². The second kappa shape index (κ2) is 8.54. The van der Waals surface area contributed by atoms with E-state index in [1.165, 1.54) is 0 Å². The normalized spacial score (nSPS) is 17.1. The van der Waals surface area contributed by atoms with E-state index in [4.69, 9.17) is 11.6 Å². The molecule has 1 aromatic carbocycles. The van der Waals surface area contributed by atoms with Crippen LogP contribution in [0, 0.1) is 11.7 Å². The van der Waals surface area contributed by atoms with Crippen molar-refractivity contribution >= 4 is 35.3 Å². The molecule has 2 atom stereocenters. The summed E-state index contributed by atoms with van der Waals surface area (Å²) < 4.78 is 16.4. The van der Waals surface area contributed by atoms with Gasteiger partial charge in [0.25, 0.3) is 5.91 Å². The standard InChI is InChI=1S/C21H21ClFN7O2/c1-11(2)17-19(31)28-21(32)30(17)18-15(23)8-24-20(27-18)26-12(3)16-9-29(10-25-16)14-6-4-13(22)5-7-14/h4-12,17H,1-3H3,(H,24,26,27)(H,28,31,32)/t12-,17-/m0/s1. The molecule has 32 heavy (non-hydrogen) atoms. The summed E-state index contributed by atoms with van der Waals surface area (Å²) in [6.45, 7) is 5.39. The first-order valence-electron chi connectivity index (χ1n) is 9.97. The molecule has 11 heteroatoms. The summed E-state index contributed by atoms with van der Waals surface area (Å²) in [6, 6.07) is 5.42. The maximum absolute atomic E-state index is 14.5. The molecule has 2 aromatic heterocycles. The molecule has 1 fully saturated rings. The van der Waals surface area contributed by atoms with E-state index in [0.29, 0.717) is 10.7 Å². The van der Waals surface area contributed by atoms with E-state index >= 15 is 0 Å². The van der Waals surface area contributed by atoms with E-state index in [1.54, 1.807) is 32.3 Å². The molecule has 0 saturated carbocycles. The Kier molecular flexibility index (Phi) is 5.79. The van der Waals surface area contributed by atoms with Gasteiger partial charge in [0, 0.05) is 16.9 Å². The van der Waals surface area contributed by atoms with Gasteiger partial charge in [0.05, 0.1) is 24.3 Å². The Labute approximate surface area is 188 Å². The van der Waals surface area contributed by atoms with Gasteiger partial charge in [-0.3, -0.25) is 15.0 Å². The van der Waals surface area contributed by atoms with Crippen LogP contribution in [0.5, 0.6) is 0 Å². The number of aromatic nitrogens is 4. The number of carbonyl (C=O) groups is 2. The van der Waals surface area contributed by atoms with Gasteiger partial charge in [-0.05, 0) is 37.1 Å². The quantitative estimate of drug-likeness (QED) is 0.547. The van der Waals surface area contributed by atoms with Crippen molar-refractivity contribution in [2.45, 2.75) is 32.9 Å². The number of amides is 3. The zero-order valence-corrected chi connectivity index (χ0v) is 18.3. The third kappa shape index (κ3) is 4.13. The van der Waals surface area contributed by atoms with Crippen LogP contribution in [0.15, 0.2) is 43.0 Å². The van der Waals surface area contributed by atoms with Gasteiger partial charge < -0.3 is 9.88 Å². The third-order valence-corrected chi connectivity index (χ3v) is 5.35. The van der Waals surface area contributed by atoms with Crippen LogP contribution in [0.1, 0.15) is 32.5 Å². The van der Waals surface area contributed by atoms with E-state index in [1.807, 2.05) is 29.8 Å². The first-order valence-corrected chi connectivity index (χ1v) is 10.4. The topological polar surface area (TPSA) is 105 Å². The minimum absolute atomic E-state index is 0.101. The Bertz CT molecular complexity index is 1170. The molecule has 0 spiro atoms. The molecule has 3 amide bonds. The van der Waals surface area contributed by atoms with E-state index < -0.39 is 23.8 Å². The first kappa shape index (κ1) is 21.7. The molecule has 1 aliphatic rings. The summed E-state index contributed by atoms with van der Waals surface area (Å²) in [5, 5.41) is 5.92. The van der Waals surface area contributed by atoms with Crippen molar-refractivity contribution in [2.24, 2.45) is 5.92 Å². The predicted molar refractivity (Wildman–Crippen MR) is 117 cm³/mol. The molecule has 4 rings (SSSR count). The first-order chi connectivity index (χ1) is 15.2. The number of carbonyl (C=O) groups excluding carboxylic acids is 2. The lowest BCUT2D eigenvalue weighted by atomic mass is 10.0. The number of hydrogen-bond acceptors (Lipinski definition) is 6. The van der Waals surface area contributed by atoms with Gasteiger partial charge in [-0.1, -0.05) is 25.4 Å². The highest BCUT2D eigenvalue weighted by Crippen LogP contribution is 2.27. The van der Waals surface area contributed by atoms with Gasteiger partial charge in [0.15, 0.2) is 11.6 Å². The average molecular weight is 458 g/mol. The van der Waals surface area contributed by atoms with Crippen molar-refractivity contribution in [3.8, 4) is 5.69 Å². The number of imidazole rings is 1. The third-order valence-electron chi connectivity index (χ3n) is 5.10. The van der Waals surface area contributed by atoms with E-state index in [0.717, 1.165) is 16.8 Å². The molecule has 166 valence electrons. The number of nitrogens with one attached hydrogen (secondary N) is 2. The lowest BCUT2D eigenvalue weighted by Crippen LogP contribution is -2.40. The number of benzene rings is 1. The predicted octanol–water partition coefficient (Wildman–Crippen LogP) is 3.71. The van der Waals surface area contributed by atoms with Crippen LogP contribution < -0.4 is 15.5 Å². The molecule has 3 heterocycles. The Morgan fingerprint density at radius 1 is 1.16 bits per heavy atom. The lowest BCUT2D eigenvalue weighted by molar-refractivity contribution is -0.120. The van der Waals surface area contributed by atoms with E-state index in [2.05, 4.69) is 25.6 Å². The fourth-order valence-corrected chi connectivity index (χ4v) is 3.62. The number of rotatable bonds is 6. The summed E-state index contributed by atoms with van der Waals surface area (Å²) in [5.74, 6) is -1.68. The smallest absolute Gasteiger partial charge is 0.330 e. The van der Waals surface area contributed by atoms with Gasteiger partial charge in [0.2, 0.25) is 5.95 Å². The van der Waals surface area contributed by atoms with Gasteiger partial charge in [-0.25, -0.2) is 19.2 Å². The lowest BCUT2D eigenvalue weighted by Gasteiger charge is -2.24. The van der Waals surface area contributed by atoms with E-state index in [9.17, 15) is 14.0 Å². The number of anilines is 2. The highest BCUT2D eigenvalue weighted by atomic mass is 35.5. The molecule has 2 N–H and O–H groups in total. The van der Waals surface area contributed by atoms with Crippen LogP contribution in [-0.4, -0.2) is 37.5 Å². The van der Waals surface area contributed by atoms with Gasteiger partial charge >= 0.3 is 6.03 Å². The fraction of sp³-hybridized carbons (Fsp3) is 0.286. The molecule has 1 saturated heterocycles. The minimum Gasteiger partial charge on any atom is -0.346 e. The Hall–Kier alpha value is -3.53. The number of nitrogens with zero attached hydrogens (tertiary/aromatic N) is 5. The SMILES string of the molecule is CC(C)[C@H]1C(=O)NC(=O)N1c1nc(N[C@@H](C)c2cn(-c3ccc(Cl)cc3)cn2)ncc1F. The molecule has 9 nitrogen and oxygen atoms in total. The summed E-state index contributed by atoms with van der Waals surface area (Å²) in [7, 11) is 0. The number of urea groups is 1. The van der Waals surface area contributed by atoms with Gasteiger partial charge in [-0.15, -0.1) is 0 Å². The summed E-state index contributed by atoms with van der Waals surface area (Å²) in [4.78, 5) is 38.0. The van der Waals surface area contributed by atoms with Crippen LogP contribution in [-0.2, 0) is 4.79 Å². The zero-order chi connectivity index (χ0) is 23.0. The van der Waals surface area contributed by atoms with Crippen molar-refractivity contribution in [3.05, 3.63) is 59.5 Å². The number of imide groups is 1.